The highest BCUT2D eigenvalue weighted by Crippen LogP contribution is 2.21. The summed E-state index contributed by atoms with van der Waals surface area (Å²) in [5.41, 5.74) is 7.70. The average Bonchev–Trinajstić information content (AvgIpc) is 2.32. The maximum Gasteiger partial charge on any atom is 0.255 e. The highest BCUT2D eigenvalue weighted by Gasteiger charge is 2.22. The highest BCUT2D eigenvalue weighted by atomic mass is 79.9. The molecule has 1 aromatic carbocycles. The van der Waals surface area contributed by atoms with Crippen LogP contribution in [0.4, 0.5) is 0 Å². The van der Waals surface area contributed by atoms with Crippen molar-refractivity contribution in [2.24, 2.45) is 5.73 Å². The van der Waals surface area contributed by atoms with Gasteiger partial charge in [0, 0.05) is 23.6 Å². The Hall–Kier alpha value is -0.870. The number of aryl methyl sites for hydroxylation is 1. The number of hydrogen-bond acceptors (Lipinski definition) is 2. The third-order valence-electron chi connectivity index (χ3n) is 3.18. The van der Waals surface area contributed by atoms with Crippen LogP contribution in [0, 0.1) is 6.92 Å². The van der Waals surface area contributed by atoms with E-state index in [1.165, 1.54) is 0 Å². The Morgan fingerprint density at radius 1 is 1.41 bits per heavy atom. The van der Waals surface area contributed by atoms with E-state index in [0.717, 1.165) is 41.5 Å². The molecule has 1 saturated heterocycles. The molecule has 92 valence electrons. The quantitative estimate of drug-likeness (QED) is 0.864. The molecule has 0 unspecified atom stereocenters. The van der Waals surface area contributed by atoms with E-state index in [4.69, 9.17) is 5.73 Å². The summed E-state index contributed by atoms with van der Waals surface area (Å²) < 4.78 is 0.864. The molecular formula is C13H17BrN2O. The largest absolute Gasteiger partial charge is 0.338 e. The Kier molecular flexibility index (Phi) is 3.84. The Balaban J connectivity index is 2.16. The second-order valence-corrected chi connectivity index (χ2v) is 5.47. The molecule has 0 spiro atoms. The SMILES string of the molecule is Cc1ccc(Br)c(C(=O)N2CCC(N)CC2)c1. The van der Waals surface area contributed by atoms with E-state index in [0.29, 0.717) is 0 Å². The Morgan fingerprint density at radius 3 is 2.71 bits per heavy atom. The molecular weight excluding hydrogens is 280 g/mol. The van der Waals surface area contributed by atoms with Gasteiger partial charge < -0.3 is 10.6 Å². The molecule has 1 heterocycles. The van der Waals surface area contributed by atoms with Crippen LogP contribution in [0.3, 0.4) is 0 Å². The van der Waals surface area contributed by atoms with E-state index < -0.39 is 0 Å². The number of nitrogens with two attached hydrogens (primary N) is 1. The van der Waals surface area contributed by atoms with Crippen molar-refractivity contribution in [3.8, 4) is 0 Å². The molecule has 1 fully saturated rings. The van der Waals surface area contributed by atoms with Crippen molar-refractivity contribution in [1.29, 1.82) is 0 Å². The number of amides is 1. The van der Waals surface area contributed by atoms with E-state index in [2.05, 4.69) is 15.9 Å². The van der Waals surface area contributed by atoms with Gasteiger partial charge in [-0.05, 0) is 47.8 Å². The molecule has 1 aromatic rings. The number of rotatable bonds is 1. The number of likely N-dealkylation sites (tertiary alicyclic amines) is 1. The van der Waals surface area contributed by atoms with Crippen LogP contribution >= 0.6 is 15.9 Å². The summed E-state index contributed by atoms with van der Waals surface area (Å²) in [7, 11) is 0. The van der Waals surface area contributed by atoms with Crippen molar-refractivity contribution < 1.29 is 4.79 Å². The fraction of sp³-hybridized carbons (Fsp3) is 0.462. The van der Waals surface area contributed by atoms with Crippen LogP contribution in [-0.2, 0) is 0 Å². The van der Waals surface area contributed by atoms with Crippen LogP contribution < -0.4 is 5.73 Å². The van der Waals surface area contributed by atoms with Gasteiger partial charge in [0.05, 0.1) is 5.56 Å². The summed E-state index contributed by atoms with van der Waals surface area (Å²) in [6, 6.07) is 6.10. The molecule has 0 bridgehead atoms. The van der Waals surface area contributed by atoms with E-state index in [1.54, 1.807) is 0 Å². The molecule has 1 aliphatic rings. The first-order chi connectivity index (χ1) is 8.08. The van der Waals surface area contributed by atoms with E-state index in [9.17, 15) is 4.79 Å². The Bertz CT molecular complexity index is 425. The Morgan fingerprint density at radius 2 is 2.06 bits per heavy atom. The zero-order chi connectivity index (χ0) is 12.4. The minimum Gasteiger partial charge on any atom is -0.338 e. The number of benzene rings is 1. The normalized spacial score (nSPS) is 17.2. The minimum absolute atomic E-state index is 0.104. The summed E-state index contributed by atoms with van der Waals surface area (Å²) in [6.07, 6.45) is 1.80. The number of halogens is 1. The monoisotopic (exact) mass is 296 g/mol. The molecule has 1 amide bonds. The molecule has 0 radical (unpaired) electrons. The molecule has 4 heteroatoms. The van der Waals surface area contributed by atoms with Gasteiger partial charge in [-0.3, -0.25) is 4.79 Å². The highest BCUT2D eigenvalue weighted by molar-refractivity contribution is 9.10. The molecule has 3 nitrogen and oxygen atoms in total. The lowest BCUT2D eigenvalue weighted by Gasteiger charge is -2.30. The number of carbonyl (C=O) groups excluding carboxylic acids is 1. The minimum atomic E-state index is 0.104. The third-order valence-corrected chi connectivity index (χ3v) is 3.87. The number of nitrogens with zero attached hydrogens (tertiary/aromatic N) is 1. The van der Waals surface area contributed by atoms with Gasteiger partial charge in [-0.2, -0.15) is 0 Å². The van der Waals surface area contributed by atoms with E-state index >= 15 is 0 Å². The molecule has 1 aliphatic heterocycles. The van der Waals surface area contributed by atoms with Crippen LogP contribution in [0.15, 0.2) is 22.7 Å². The van der Waals surface area contributed by atoms with Crippen molar-refractivity contribution in [2.75, 3.05) is 13.1 Å². The predicted octanol–water partition coefficient (Wildman–Crippen LogP) is 2.32. The van der Waals surface area contributed by atoms with Gasteiger partial charge in [-0.25, -0.2) is 0 Å². The van der Waals surface area contributed by atoms with Gasteiger partial charge in [-0.1, -0.05) is 11.6 Å². The first-order valence-corrected chi connectivity index (χ1v) is 6.68. The summed E-state index contributed by atoms with van der Waals surface area (Å²) >= 11 is 3.44. The summed E-state index contributed by atoms with van der Waals surface area (Å²) in [6.45, 7) is 3.52. The van der Waals surface area contributed by atoms with Crippen LogP contribution in [0.1, 0.15) is 28.8 Å². The zero-order valence-electron chi connectivity index (χ0n) is 9.95. The van der Waals surface area contributed by atoms with Crippen molar-refractivity contribution in [3.05, 3.63) is 33.8 Å². The molecule has 17 heavy (non-hydrogen) atoms. The van der Waals surface area contributed by atoms with Gasteiger partial charge in [0.15, 0.2) is 0 Å². The predicted molar refractivity (Wildman–Crippen MR) is 72.0 cm³/mol. The Labute approximate surface area is 110 Å². The van der Waals surface area contributed by atoms with Crippen LogP contribution in [0.25, 0.3) is 0 Å². The lowest BCUT2D eigenvalue weighted by atomic mass is 10.0. The van der Waals surface area contributed by atoms with Crippen molar-refractivity contribution >= 4 is 21.8 Å². The lowest BCUT2D eigenvalue weighted by Crippen LogP contribution is -2.42. The van der Waals surface area contributed by atoms with Crippen LogP contribution in [-0.4, -0.2) is 29.9 Å². The van der Waals surface area contributed by atoms with E-state index in [-0.39, 0.29) is 11.9 Å². The average molecular weight is 297 g/mol. The van der Waals surface area contributed by atoms with Gasteiger partial charge in [-0.15, -0.1) is 0 Å². The van der Waals surface area contributed by atoms with Crippen molar-refractivity contribution in [3.63, 3.8) is 0 Å². The smallest absolute Gasteiger partial charge is 0.255 e. The summed E-state index contributed by atoms with van der Waals surface area (Å²) in [5, 5.41) is 0. The number of hydrogen-bond donors (Lipinski definition) is 1. The standard InChI is InChI=1S/C13H17BrN2O/c1-9-2-3-12(14)11(8-9)13(17)16-6-4-10(15)5-7-16/h2-3,8,10H,4-7,15H2,1H3. The van der Waals surface area contributed by atoms with Crippen LogP contribution in [0.5, 0.6) is 0 Å². The molecule has 0 atom stereocenters. The second kappa shape index (κ2) is 5.19. The van der Waals surface area contributed by atoms with Crippen molar-refractivity contribution in [2.45, 2.75) is 25.8 Å². The fourth-order valence-corrected chi connectivity index (χ4v) is 2.49. The van der Waals surface area contributed by atoms with Gasteiger partial charge >= 0.3 is 0 Å². The fourth-order valence-electron chi connectivity index (χ4n) is 2.08. The molecule has 0 aromatic heterocycles. The third kappa shape index (κ3) is 2.87. The maximum atomic E-state index is 12.3. The number of carbonyl (C=O) groups is 1. The molecule has 2 N–H and O–H groups in total. The van der Waals surface area contributed by atoms with Gasteiger partial charge in [0.2, 0.25) is 0 Å². The molecule has 2 rings (SSSR count). The second-order valence-electron chi connectivity index (χ2n) is 4.61. The first kappa shape index (κ1) is 12.6. The summed E-state index contributed by atoms with van der Waals surface area (Å²) in [5.74, 6) is 0.104. The van der Waals surface area contributed by atoms with Crippen molar-refractivity contribution in [1.82, 2.24) is 4.90 Å². The summed E-state index contributed by atoms with van der Waals surface area (Å²) in [4.78, 5) is 14.2. The van der Waals surface area contributed by atoms with E-state index in [1.807, 2.05) is 30.0 Å². The maximum absolute atomic E-state index is 12.3. The molecule has 0 saturated carbocycles. The van der Waals surface area contributed by atoms with Crippen LogP contribution in [0.2, 0.25) is 0 Å². The van der Waals surface area contributed by atoms with Gasteiger partial charge in [0.25, 0.3) is 5.91 Å². The first-order valence-electron chi connectivity index (χ1n) is 5.89. The van der Waals surface area contributed by atoms with Gasteiger partial charge in [0.1, 0.15) is 0 Å². The zero-order valence-corrected chi connectivity index (χ0v) is 11.5. The molecule has 0 aliphatic carbocycles. The topological polar surface area (TPSA) is 46.3 Å². The lowest BCUT2D eigenvalue weighted by molar-refractivity contribution is 0.0713. The number of piperidine rings is 1.